The van der Waals surface area contributed by atoms with Gasteiger partial charge in [0.15, 0.2) is 0 Å². The Morgan fingerprint density at radius 1 is 0.960 bits per heavy atom. The zero-order valence-electron chi connectivity index (χ0n) is 14.2. The highest BCUT2D eigenvalue weighted by molar-refractivity contribution is 8.16. The van der Waals surface area contributed by atoms with Crippen molar-refractivity contribution in [2.45, 2.75) is 36.3 Å². The van der Waals surface area contributed by atoms with E-state index in [0.29, 0.717) is 4.58 Å². The monoisotopic (exact) mass is 369 g/mol. The molecule has 0 unspecified atom stereocenters. The zero-order chi connectivity index (χ0) is 17.1. The van der Waals surface area contributed by atoms with E-state index < -0.39 is 0 Å². The van der Waals surface area contributed by atoms with Crippen LogP contribution in [0.1, 0.15) is 56.9 Å². The van der Waals surface area contributed by atoms with Crippen LogP contribution in [0.15, 0.2) is 48.5 Å². The Bertz CT molecular complexity index is 738. The predicted octanol–water partition coefficient (Wildman–Crippen LogP) is 5.36. The fourth-order valence-electron chi connectivity index (χ4n) is 3.62. The van der Waals surface area contributed by atoms with Crippen molar-refractivity contribution in [1.29, 1.82) is 0 Å². The van der Waals surface area contributed by atoms with Crippen molar-refractivity contribution in [2.24, 2.45) is 0 Å². The van der Waals surface area contributed by atoms with Gasteiger partial charge in [0, 0.05) is 5.56 Å². The number of fused-ring (bicyclic) bond motifs is 1. The fourth-order valence-corrected chi connectivity index (χ4v) is 6.51. The van der Waals surface area contributed by atoms with E-state index in [9.17, 15) is 4.79 Å². The molecule has 0 saturated carbocycles. The minimum atomic E-state index is 0.0391. The summed E-state index contributed by atoms with van der Waals surface area (Å²) >= 11 is 4.03. The molecule has 0 radical (unpaired) electrons. The quantitative estimate of drug-likeness (QED) is 0.789. The summed E-state index contributed by atoms with van der Waals surface area (Å²) in [6, 6.07) is 16.8. The summed E-state index contributed by atoms with van der Waals surface area (Å²) in [4.78, 5) is 12.7. The van der Waals surface area contributed by atoms with Gasteiger partial charge in [-0.05, 0) is 66.0 Å². The van der Waals surface area contributed by atoms with Crippen LogP contribution in [0.5, 0.6) is 0 Å². The normalized spacial score (nSPS) is 20.7. The van der Waals surface area contributed by atoms with Crippen molar-refractivity contribution in [3.8, 4) is 0 Å². The Morgan fingerprint density at radius 2 is 1.72 bits per heavy atom. The third kappa shape index (κ3) is 3.90. The third-order valence-corrected chi connectivity index (χ3v) is 7.96. The van der Waals surface area contributed by atoms with E-state index >= 15 is 0 Å². The molecule has 4 heteroatoms. The van der Waals surface area contributed by atoms with Gasteiger partial charge in [-0.2, -0.15) is 0 Å². The molecule has 1 heterocycles. The second-order valence-corrected chi connectivity index (χ2v) is 9.39. The van der Waals surface area contributed by atoms with Crippen LogP contribution >= 0.6 is 23.5 Å². The lowest BCUT2D eigenvalue weighted by Crippen LogP contribution is -2.30. The number of rotatable bonds is 3. The van der Waals surface area contributed by atoms with Gasteiger partial charge in [-0.15, -0.1) is 23.5 Å². The Morgan fingerprint density at radius 3 is 2.52 bits per heavy atom. The first-order valence-corrected chi connectivity index (χ1v) is 11.1. The van der Waals surface area contributed by atoms with Crippen molar-refractivity contribution in [2.75, 3.05) is 11.5 Å². The molecule has 0 spiro atoms. The molecule has 2 aromatic carbocycles. The van der Waals surface area contributed by atoms with Crippen molar-refractivity contribution in [3.05, 3.63) is 70.8 Å². The molecule has 1 aliphatic heterocycles. The van der Waals surface area contributed by atoms with Crippen LogP contribution in [0.4, 0.5) is 0 Å². The highest BCUT2D eigenvalue weighted by atomic mass is 32.2. The Hall–Kier alpha value is -1.39. The summed E-state index contributed by atoms with van der Waals surface area (Å²) in [5, 5.41) is 3.24. The largest absolute Gasteiger partial charge is 0.345 e. The average molecular weight is 370 g/mol. The summed E-state index contributed by atoms with van der Waals surface area (Å²) in [5.74, 6) is 2.51. The van der Waals surface area contributed by atoms with E-state index in [1.54, 1.807) is 0 Å². The zero-order valence-corrected chi connectivity index (χ0v) is 15.9. The molecule has 1 atom stereocenters. The number of nitrogens with one attached hydrogen (secondary N) is 1. The molecule has 2 aromatic rings. The predicted molar refractivity (Wildman–Crippen MR) is 108 cm³/mol. The van der Waals surface area contributed by atoms with Crippen LogP contribution in [-0.2, 0) is 6.42 Å². The molecule has 2 aliphatic rings. The molecule has 1 N–H and O–H groups in total. The van der Waals surface area contributed by atoms with Crippen LogP contribution in [-0.4, -0.2) is 17.4 Å². The van der Waals surface area contributed by atoms with Gasteiger partial charge in [-0.3, -0.25) is 4.79 Å². The molecule has 25 heavy (non-hydrogen) atoms. The van der Waals surface area contributed by atoms with Crippen LogP contribution in [0, 0.1) is 0 Å². The molecule has 1 aliphatic carbocycles. The number of carbonyl (C=O) groups is 1. The number of hydrogen-bond acceptors (Lipinski definition) is 3. The summed E-state index contributed by atoms with van der Waals surface area (Å²) in [5.41, 5.74) is 4.75. The maximum atomic E-state index is 12.7. The second-order valence-electron chi connectivity index (χ2n) is 6.67. The van der Waals surface area contributed by atoms with Gasteiger partial charge in [0.2, 0.25) is 0 Å². The van der Waals surface area contributed by atoms with Crippen molar-refractivity contribution in [1.82, 2.24) is 5.32 Å². The minimum Gasteiger partial charge on any atom is -0.345 e. The number of aryl methyl sites for hydroxylation is 1. The van der Waals surface area contributed by atoms with Crippen LogP contribution in [0.3, 0.4) is 0 Å². The highest BCUT2D eigenvalue weighted by Gasteiger charge is 2.22. The maximum Gasteiger partial charge on any atom is 0.251 e. The van der Waals surface area contributed by atoms with E-state index in [1.165, 1.54) is 34.6 Å². The summed E-state index contributed by atoms with van der Waals surface area (Å²) < 4.78 is 0.524. The smallest absolute Gasteiger partial charge is 0.251 e. The van der Waals surface area contributed by atoms with E-state index in [2.05, 4.69) is 41.7 Å². The van der Waals surface area contributed by atoms with Gasteiger partial charge in [0.25, 0.3) is 5.91 Å². The number of carbonyl (C=O) groups excluding carboxylic acids is 1. The number of hydrogen-bond donors (Lipinski definition) is 1. The Kier molecular flexibility index (Phi) is 5.37. The van der Waals surface area contributed by atoms with Crippen LogP contribution in [0.2, 0.25) is 0 Å². The SMILES string of the molecule is O=C(N[C@H]1CCCc2ccccc21)c1ccc(C2SCCCS2)cc1. The first kappa shape index (κ1) is 17.0. The maximum absolute atomic E-state index is 12.7. The van der Waals surface area contributed by atoms with Gasteiger partial charge in [0.05, 0.1) is 10.6 Å². The Balaban J connectivity index is 1.45. The van der Waals surface area contributed by atoms with Gasteiger partial charge in [-0.25, -0.2) is 0 Å². The van der Waals surface area contributed by atoms with E-state index in [4.69, 9.17) is 0 Å². The van der Waals surface area contributed by atoms with Gasteiger partial charge in [0.1, 0.15) is 0 Å². The lowest BCUT2D eigenvalue weighted by Gasteiger charge is -2.26. The average Bonchev–Trinajstić information content (AvgIpc) is 2.69. The fraction of sp³-hybridized carbons (Fsp3) is 0.381. The molecule has 1 saturated heterocycles. The standard InChI is InChI=1S/C21H23NOS2/c23-20(22-19-8-3-6-15-5-1-2-7-18(15)19)16-9-11-17(12-10-16)21-24-13-4-14-25-21/h1-2,5,7,9-12,19,21H,3-4,6,8,13-14H2,(H,22,23)/t19-/m0/s1. The Labute approximate surface area is 158 Å². The topological polar surface area (TPSA) is 29.1 Å². The molecular formula is C21H23NOS2. The summed E-state index contributed by atoms with van der Waals surface area (Å²) in [6.07, 6.45) is 4.58. The second kappa shape index (κ2) is 7.88. The highest BCUT2D eigenvalue weighted by Crippen LogP contribution is 2.43. The van der Waals surface area contributed by atoms with E-state index in [-0.39, 0.29) is 11.9 Å². The molecule has 4 rings (SSSR count). The summed E-state index contributed by atoms with van der Waals surface area (Å²) in [7, 11) is 0. The van der Waals surface area contributed by atoms with E-state index in [0.717, 1.165) is 24.8 Å². The molecule has 0 bridgehead atoms. The van der Waals surface area contributed by atoms with Crippen molar-refractivity contribution in [3.63, 3.8) is 0 Å². The first-order valence-electron chi connectivity index (χ1n) is 9.03. The molecule has 0 aromatic heterocycles. The van der Waals surface area contributed by atoms with Crippen molar-refractivity contribution < 1.29 is 4.79 Å². The molecule has 130 valence electrons. The van der Waals surface area contributed by atoms with Gasteiger partial charge >= 0.3 is 0 Å². The third-order valence-electron chi connectivity index (χ3n) is 4.95. The molecule has 1 amide bonds. The van der Waals surface area contributed by atoms with Gasteiger partial charge < -0.3 is 5.32 Å². The minimum absolute atomic E-state index is 0.0391. The number of amides is 1. The number of thioether (sulfide) groups is 2. The number of benzene rings is 2. The van der Waals surface area contributed by atoms with Crippen molar-refractivity contribution >= 4 is 29.4 Å². The molecule has 2 nitrogen and oxygen atoms in total. The summed E-state index contributed by atoms with van der Waals surface area (Å²) in [6.45, 7) is 0. The molecule has 1 fully saturated rings. The lowest BCUT2D eigenvalue weighted by molar-refractivity contribution is 0.0933. The molecular weight excluding hydrogens is 346 g/mol. The lowest BCUT2D eigenvalue weighted by atomic mass is 9.87. The van der Waals surface area contributed by atoms with E-state index in [1.807, 2.05) is 35.7 Å². The first-order chi connectivity index (χ1) is 12.3. The van der Waals surface area contributed by atoms with Crippen LogP contribution < -0.4 is 5.32 Å². The van der Waals surface area contributed by atoms with Crippen LogP contribution in [0.25, 0.3) is 0 Å². The van der Waals surface area contributed by atoms with Gasteiger partial charge in [-0.1, -0.05) is 36.4 Å².